The maximum absolute atomic E-state index is 14.3. The number of carbonyl (C=O) groups excluding carboxylic acids is 6. The number of hydrogen-bond donors (Lipinski definition) is 9. The van der Waals surface area contributed by atoms with Gasteiger partial charge in [-0.1, -0.05) is 133 Å². The van der Waals surface area contributed by atoms with Crippen LogP contribution in [-0.4, -0.2) is 95.4 Å². The SMILES string of the molecule is CC(C)C[C@@H](NC(=O)[C@@H](CCCCN)NC(=O)[C@H](NC(=O)[C@H](NC(=O)[C@@H](Cc1ccccc1)NC(=O)[C@@H](Cc1ccccc1)NC(=O)[C@H](N)Cc1ccccc1)C(C)C)C(C)C)C(=O)O. The van der Waals surface area contributed by atoms with E-state index in [-0.39, 0.29) is 38.0 Å². The topological polar surface area (TPSA) is 264 Å². The zero-order valence-electron chi connectivity index (χ0n) is 38.6. The summed E-state index contributed by atoms with van der Waals surface area (Å²) in [4.78, 5) is 95.5. The van der Waals surface area contributed by atoms with E-state index < -0.39 is 95.5 Å². The molecule has 0 aliphatic heterocycles. The number of unbranched alkanes of at least 4 members (excludes halogenated alkanes) is 1. The number of carbonyl (C=O) groups is 7. The zero-order valence-corrected chi connectivity index (χ0v) is 38.6. The van der Waals surface area contributed by atoms with Gasteiger partial charge in [0.05, 0.1) is 6.04 Å². The van der Waals surface area contributed by atoms with Crippen molar-refractivity contribution in [2.75, 3.05) is 6.54 Å². The van der Waals surface area contributed by atoms with E-state index >= 15 is 0 Å². The highest BCUT2D eigenvalue weighted by Gasteiger charge is 2.36. The van der Waals surface area contributed by atoms with Crippen molar-refractivity contribution in [3.63, 3.8) is 0 Å². The van der Waals surface area contributed by atoms with Crippen molar-refractivity contribution in [1.82, 2.24) is 31.9 Å². The molecule has 0 saturated heterocycles. The fourth-order valence-corrected chi connectivity index (χ4v) is 7.19. The Bertz CT molecular complexity index is 1980. The molecular formula is C49H70N8O8. The Kier molecular flexibility index (Phi) is 22.3. The van der Waals surface area contributed by atoms with Gasteiger partial charge in [0, 0.05) is 12.8 Å². The zero-order chi connectivity index (χ0) is 48.1. The second-order valence-corrected chi connectivity index (χ2v) is 17.6. The first-order valence-corrected chi connectivity index (χ1v) is 22.5. The summed E-state index contributed by atoms with van der Waals surface area (Å²) in [6.45, 7) is 10.9. The highest BCUT2D eigenvalue weighted by Crippen LogP contribution is 2.13. The van der Waals surface area contributed by atoms with Gasteiger partial charge < -0.3 is 48.5 Å². The molecule has 11 N–H and O–H groups in total. The van der Waals surface area contributed by atoms with Gasteiger partial charge in [0.15, 0.2) is 0 Å². The smallest absolute Gasteiger partial charge is 0.326 e. The van der Waals surface area contributed by atoms with Crippen LogP contribution in [0, 0.1) is 17.8 Å². The van der Waals surface area contributed by atoms with Gasteiger partial charge in [-0.2, -0.15) is 0 Å². The van der Waals surface area contributed by atoms with Crippen molar-refractivity contribution in [2.45, 2.75) is 129 Å². The molecule has 0 spiro atoms. The number of nitrogens with two attached hydrogens (primary N) is 2. The van der Waals surface area contributed by atoms with E-state index in [1.807, 2.05) is 80.6 Å². The Morgan fingerprint density at radius 2 is 0.846 bits per heavy atom. The molecule has 0 saturated carbocycles. The van der Waals surface area contributed by atoms with Crippen molar-refractivity contribution in [3.8, 4) is 0 Å². The summed E-state index contributed by atoms with van der Waals surface area (Å²) in [5, 5.41) is 26.2. The lowest BCUT2D eigenvalue weighted by Gasteiger charge is -2.30. The second kappa shape index (κ2) is 27.3. The average Bonchev–Trinajstić information content (AvgIpc) is 3.26. The van der Waals surface area contributed by atoms with Crippen molar-refractivity contribution in [1.29, 1.82) is 0 Å². The summed E-state index contributed by atoms with van der Waals surface area (Å²) in [6.07, 6.45) is 1.76. The lowest BCUT2D eigenvalue weighted by molar-refractivity contribution is -0.143. The van der Waals surface area contributed by atoms with Gasteiger partial charge in [-0.25, -0.2) is 4.79 Å². The lowest BCUT2D eigenvalue weighted by Crippen LogP contribution is -2.61. The standard InChI is InChI=1S/C49H70N8O8/c1-30(2)26-40(49(64)65)55-44(59)37(24-16-17-25-50)52-47(62)41(31(3)4)57-48(63)42(32(5)6)56-46(61)39(29-35-22-14-9-15-23-35)54-45(60)38(28-34-20-12-8-13-21-34)53-43(58)36(51)27-33-18-10-7-11-19-33/h7-15,18-23,30-32,36-42H,16-17,24-29,50-51H2,1-6H3,(H,52,62)(H,53,58)(H,54,60)(H,55,59)(H,56,61)(H,57,63)(H,64,65)/t36-,37-,38-,39-,40-,41-,42-/m1/s1. The van der Waals surface area contributed by atoms with E-state index in [0.717, 1.165) is 11.1 Å². The van der Waals surface area contributed by atoms with Crippen LogP contribution in [0.4, 0.5) is 0 Å². The molecule has 3 rings (SSSR count). The maximum atomic E-state index is 14.3. The Morgan fingerprint density at radius 3 is 1.28 bits per heavy atom. The summed E-state index contributed by atoms with van der Waals surface area (Å²) < 4.78 is 0. The largest absolute Gasteiger partial charge is 0.480 e. The Labute approximate surface area is 383 Å². The van der Waals surface area contributed by atoms with Gasteiger partial charge in [0.2, 0.25) is 35.4 Å². The van der Waals surface area contributed by atoms with Crippen LogP contribution in [0.3, 0.4) is 0 Å². The van der Waals surface area contributed by atoms with Crippen molar-refractivity contribution in [3.05, 3.63) is 108 Å². The lowest BCUT2D eigenvalue weighted by atomic mass is 9.97. The molecule has 3 aromatic carbocycles. The van der Waals surface area contributed by atoms with E-state index in [1.54, 1.807) is 52.0 Å². The number of aliphatic carboxylic acids is 1. The average molecular weight is 899 g/mol. The van der Waals surface area contributed by atoms with Gasteiger partial charge in [0.25, 0.3) is 0 Å². The highest BCUT2D eigenvalue weighted by molar-refractivity contribution is 5.97. The molecule has 0 bridgehead atoms. The van der Waals surface area contributed by atoms with E-state index in [2.05, 4.69) is 31.9 Å². The third-order valence-electron chi connectivity index (χ3n) is 10.9. The van der Waals surface area contributed by atoms with Crippen molar-refractivity contribution >= 4 is 41.4 Å². The minimum Gasteiger partial charge on any atom is -0.480 e. The first kappa shape index (κ1) is 53.2. The number of amides is 6. The molecule has 65 heavy (non-hydrogen) atoms. The van der Waals surface area contributed by atoms with Crippen molar-refractivity contribution < 1.29 is 38.7 Å². The second-order valence-electron chi connectivity index (χ2n) is 17.6. The normalized spacial score (nSPS) is 14.5. The van der Waals surface area contributed by atoms with Gasteiger partial charge in [0.1, 0.15) is 36.3 Å². The summed E-state index contributed by atoms with van der Waals surface area (Å²) in [5.41, 5.74) is 14.3. The van der Waals surface area contributed by atoms with Gasteiger partial charge >= 0.3 is 5.97 Å². The molecule has 0 radical (unpaired) electrons. The minimum absolute atomic E-state index is 0.0273. The van der Waals surface area contributed by atoms with Crippen LogP contribution >= 0.6 is 0 Å². The molecule has 0 heterocycles. The molecule has 0 aliphatic carbocycles. The molecule has 0 unspecified atom stereocenters. The fraction of sp³-hybridized carbons (Fsp3) is 0.490. The molecule has 7 atom stereocenters. The van der Waals surface area contributed by atoms with Crippen LogP contribution in [0.15, 0.2) is 91.0 Å². The fourth-order valence-electron chi connectivity index (χ4n) is 7.19. The maximum Gasteiger partial charge on any atom is 0.326 e. The first-order chi connectivity index (χ1) is 30.9. The summed E-state index contributed by atoms with van der Waals surface area (Å²) in [7, 11) is 0. The number of nitrogens with one attached hydrogen (secondary N) is 6. The quantitative estimate of drug-likeness (QED) is 0.0505. The van der Waals surface area contributed by atoms with Crippen LogP contribution in [0.2, 0.25) is 0 Å². The van der Waals surface area contributed by atoms with Crippen molar-refractivity contribution in [2.24, 2.45) is 29.2 Å². The van der Waals surface area contributed by atoms with Gasteiger partial charge in [-0.15, -0.1) is 0 Å². The molecule has 0 fully saturated rings. The van der Waals surface area contributed by atoms with E-state index in [0.29, 0.717) is 24.9 Å². The van der Waals surface area contributed by atoms with Crippen LogP contribution < -0.4 is 43.4 Å². The molecule has 3 aromatic rings. The monoisotopic (exact) mass is 899 g/mol. The van der Waals surface area contributed by atoms with E-state index in [1.165, 1.54) is 0 Å². The number of rotatable bonds is 27. The van der Waals surface area contributed by atoms with Gasteiger partial charge in [-0.3, -0.25) is 28.8 Å². The summed E-state index contributed by atoms with van der Waals surface area (Å²) in [5.74, 6) is -6.10. The third kappa shape index (κ3) is 18.5. The predicted octanol–water partition coefficient (Wildman–Crippen LogP) is 2.52. The highest BCUT2D eigenvalue weighted by atomic mass is 16.4. The van der Waals surface area contributed by atoms with Gasteiger partial charge in [-0.05, 0) is 73.1 Å². The molecule has 16 nitrogen and oxygen atoms in total. The Balaban J connectivity index is 1.85. The number of hydrogen-bond acceptors (Lipinski definition) is 9. The van der Waals surface area contributed by atoms with Crippen LogP contribution in [-0.2, 0) is 52.8 Å². The molecule has 354 valence electrons. The van der Waals surface area contributed by atoms with E-state index in [9.17, 15) is 38.7 Å². The Hall–Kier alpha value is -6.13. The molecule has 16 heteroatoms. The van der Waals surface area contributed by atoms with Crippen LogP contribution in [0.5, 0.6) is 0 Å². The predicted molar refractivity (Wildman–Crippen MR) is 250 cm³/mol. The van der Waals surface area contributed by atoms with E-state index in [4.69, 9.17) is 11.5 Å². The molecule has 0 aliphatic rings. The minimum atomic E-state index is -1.21. The third-order valence-corrected chi connectivity index (χ3v) is 10.9. The number of benzene rings is 3. The summed E-state index contributed by atoms with van der Waals surface area (Å²) in [6, 6.07) is 19.4. The summed E-state index contributed by atoms with van der Waals surface area (Å²) >= 11 is 0. The Morgan fingerprint density at radius 1 is 0.477 bits per heavy atom. The molecular weight excluding hydrogens is 829 g/mol. The molecule has 6 amide bonds. The number of carboxylic acid groups (broad SMARTS) is 1. The number of carboxylic acids is 1. The first-order valence-electron chi connectivity index (χ1n) is 22.5. The molecule has 0 aromatic heterocycles. The van der Waals surface area contributed by atoms with Crippen LogP contribution in [0.1, 0.15) is 83.9 Å². The van der Waals surface area contributed by atoms with Crippen LogP contribution in [0.25, 0.3) is 0 Å².